The monoisotopic (exact) mass is 312 g/mol. The first-order valence-corrected chi connectivity index (χ1v) is 8.65. The summed E-state index contributed by atoms with van der Waals surface area (Å²) < 4.78 is 5.31. The van der Waals surface area contributed by atoms with Gasteiger partial charge in [-0.3, -0.25) is 9.79 Å². The first-order valence-electron chi connectivity index (χ1n) is 8.65. The van der Waals surface area contributed by atoms with Crippen LogP contribution < -0.4 is 16.0 Å². The summed E-state index contributed by atoms with van der Waals surface area (Å²) in [6.45, 7) is 8.07. The summed E-state index contributed by atoms with van der Waals surface area (Å²) in [5.41, 5.74) is 0. The summed E-state index contributed by atoms with van der Waals surface area (Å²) in [6.07, 6.45) is 5.76. The highest BCUT2D eigenvalue weighted by atomic mass is 16.5. The molecule has 22 heavy (non-hydrogen) atoms. The fourth-order valence-corrected chi connectivity index (χ4v) is 1.98. The number of carbonyl (C=O) groups excluding carboxylic acids is 1. The Morgan fingerprint density at radius 1 is 1.18 bits per heavy atom. The second kappa shape index (κ2) is 12.3. The molecule has 1 aliphatic rings. The van der Waals surface area contributed by atoms with E-state index in [0.29, 0.717) is 19.0 Å². The summed E-state index contributed by atoms with van der Waals surface area (Å²) in [4.78, 5) is 16.1. The molecule has 6 heteroatoms. The van der Waals surface area contributed by atoms with Gasteiger partial charge in [0.15, 0.2) is 5.96 Å². The van der Waals surface area contributed by atoms with Crippen LogP contribution in [0.4, 0.5) is 0 Å². The molecule has 0 spiro atoms. The zero-order valence-electron chi connectivity index (χ0n) is 14.1. The van der Waals surface area contributed by atoms with Crippen LogP contribution in [0.1, 0.15) is 52.4 Å². The summed E-state index contributed by atoms with van der Waals surface area (Å²) in [7, 11) is 0. The van der Waals surface area contributed by atoms with Crippen LogP contribution in [-0.4, -0.2) is 50.8 Å². The van der Waals surface area contributed by atoms with Crippen molar-refractivity contribution >= 4 is 11.9 Å². The highest BCUT2D eigenvalue weighted by molar-refractivity contribution is 5.79. The van der Waals surface area contributed by atoms with E-state index in [2.05, 4.69) is 27.9 Å². The molecule has 1 fully saturated rings. The van der Waals surface area contributed by atoms with Gasteiger partial charge in [-0.15, -0.1) is 0 Å². The van der Waals surface area contributed by atoms with Crippen LogP contribution in [0.2, 0.25) is 0 Å². The van der Waals surface area contributed by atoms with Crippen LogP contribution in [0, 0.1) is 0 Å². The Labute approximate surface area is 134 Å². The zero-order chi connectivity index (χ0) is 16.0. The third kappa shape index (κ3) is 10.4. The maximum absolute atomic E-state index is 11.6. The Hall–Kier alpha value is -1.30. The van der Waals surface area contributed by atoms with E-state index in [4.69, 9.17) is 4.74 Å². The third-order valence-corrected chi connectivity index (χ3v) is 3.33. The second-order valence-corrected chi connectivity index (χ2v) is 5.54. The van der Waals surface area contributed by atoms with Crippen molar-refractivity contribution in [1.82, 2.24) is 16.0 Å². The molecule has 1 aliphatic carbocycles. The minimum absolute atomic E-state index is 0.159. The Bertz CT molecular complexity index is 330. The number of guanidine groups is 1. The number of rotatable bonds is 12. The zero-order valence-corrected chi connectivity index (χ0v) is 14.1. The maximum atomic E-state index is 11.6. The molecule has 0 unspecified atom stereocenters. The molecule has 1 rings (SSSR count). The molecule has 0 aromatic heterocycles. The molecule has 0 aromatic carbocycles. The maximum Gasteiger partial charge on any atom is 0.220 e. The van der Waals surface area contributed by atoms with Crippen LogP contribution in [0.3, 0.4) is 0 Å². The van der Waals surface area contributed by atoms with Gasteiger partial charge < -0.3 is 20.7 Å². The summed E-state index contributed by atoms with van der Waals surface area (Å²) >= 11 is 0. The molecule has 0 bridgehead atoms. The van der Waals surface area contributed by atoms with E-state index in [9.17, 15) is 4.79 Å². The molecule has 0 saturated heterocycles. The lowest BCUT2D eigenvalue weighted by Crippen LogP contribution is -2.38. The van der Waals surface area contributed by atoms with Gasteiger partial charge in [-0.2, -0.15) is 0 Å². The molecule has 0 atom stereocenters. The smallest absolute Gasteiger partial charge is 0.220 e. The minimum Gasteiger partial charge on any atom is -0.382 e. The third-order valence-electron chi connectivity index (χ3n) is 3.33. The molecule has 1 amide bonds. The number of hydrogen-bond donors (Lipinski definition) is 3. The van der Waals surface area contributed by atoms with Gasteiger partial charge in [-0.25, -0.2) is 0 Å². The number of ether oxygens (including phenoxy) is 1. The van der Waals surface area contributed by atoms with Crippen molar-refractivity contribution in [3.05, 3.63) is 0 Å². The Morgan fingerprint density at radius 2 is 2.00 bits per heavy atom. The van der Waals surface area contributed by atoms with Gasteiger partial charge >= 0.3 is 0 Å². The van der Waals surface area contributed by atoms with E-state index >= 15 is 0 Å². The van der Waals surface area contributed by atoms with Crippen LogP contribution in [-0.2, 0) is 9.53 Å². The Balaban J connectivity index is 2.07. The van der Waals surface area contributed by atoms with E-state index in [1.807, 2.05) is 6.92 Å². The predicted molar refractivity (Wildman–Crippen MR) is 90.1 cm³/mol. The number of amides is 1. The Kier molecular flexibility index (Phi) is 10.5. The van der Waals surface area contributed by atoms with Crippen LogP contribution in [0.5, 0.6) is 0 Å². The number of unbranched alkanes of at least 4 members (excludes halogenated alkanes) is 1. The Morgan fingerprint density at radius 3 is 2.68 bits per heavy atom. The quantitative estimate of drug-likeness (QED) is 0.289. The molecular formula is C16H32N4O2. The standard InChI is InChI=1S/C16H32N4O2/c1-3-17-16(18-11-5-6-13-22-4-2)19-12-7-8-15(21)20-14-9-10-14/h14H,3-13H2,1-2H3,(H,20,21)(H2,17,18,19). The average molecular weight is 312 g/mol. The van der Waals surface area contributed by atoms with Crippen molar-refractivity contribution in [1.29, 1.82) is 0 Å². The number of hydrogen-bond acceptors (Lipinski definition) is 3. The number of nitrogens with zero attached hydrogens (tertiary/aromatic N) is 1. The van der Waals surface area contributed by atoms with Crippen molar-refractivity contribution < 1.29 is 9.53 Å². The van der Waals surface area contributed by atoms with Crippen LogP contribution in [0.15, 0.2) is 4.99 Å². The predicted octanol–water partition coefficient (Wildman–Crippen LogP) is 1.42. The van der Waals surface area contributed by atoms with E-state index in [1.165, 1.54) is 0 Å². The first-order chi connectivity index (χ1) is 10.8. The lowest BCUT2D eigenvalue weighted by Gasteiger charge is -2.11. The van der Waals surface area contributed by atoms with Crippen LogP contribution in [0.25, 0.3) is 0 Å². The normalized spacial score (nSPS) is 14.7. The molecule has 0 aromatic rings. The van der Waals surface area contributed by atoms with Gasteiger partial charge in [0.2, 0.25) is 5.91 Å². The van der Waals surface area contributed by atoms with E-state index in [1.54, 1.807) is 0 Å². The lowest BCUT2D eigenvalue weighted by molar-refractivity contribution is -0.121. The molecule has 0 aliphatic heterocycles. The van der Waals surface area contributed by atoms with Crippen LogP contribution >= 0.6 is 0 Å². The second-order valence-electron chi connectivity index (χ2n) is 5.54. The van der Waals surface area contributed by atoms with Gasteiger partial charge in [0.05, 0.1) is 0 Å². The van der Waals surface area contributed by atoms with Crippen molar-refractivity contribution in [2.24, 2.45) is 4.99 Å². The molecule has 0 radical (unpaired) electrons. The average Bonchev–Trinajstić information content (AvgIpc) is 3.31. The number of carbonyl (C=O) groups is 1. The lowest BCUT2D eigenvalue weighted by atomic mass is 10.3. The highest BCUT2D eigenvalue weighted by Crippen LogP contribution is 2.18. The fourth-order valence-electron chi connectivity index (χ4n) is 1.98. The number of aliphatic imine (C=N–C) groups is 1. The molecule has 3 N–H and O–H groups in total. The SMILES string of the molecule is CCNC(=NCCCC(=O)NC1CC1)NCCCCOCC. The van der Waals surface area contributed by atoms with Crippen molar-refractivity contribution in [3.63, 3.8) is 0 Å². The van der Waals surface area contributed by atoms with Gasteiger partial charge in [-0.1, -0.05) is 0 Å². The van der Waals surface area contributed by atoms with Gasteiger partial charge in [0.1, 0.15) is 0 Å². The molecule has 6 nitrogen and oxygen atoms in total. The summed E-state index contributed by atoms with van der Waals surface area (Å²) in [5, 5.41) is 9.53. The van der Waals surface area contributed by atoms with Gasteiger partial charge in [-0.05, 0) is 46.0 Å². The highest BCUT2D eigenvalue weighted by Gasteiger charge is 2.22. The van der Waals surface area contributed by atoms with Crippen molar-refractivity contribution in [2.45, 2.75) is 58.4 Å². The molecule has 1 saturated carbocycles. The molecule has 0 heterocycles. The largest absolute Gasteiger partial charge is 0.382 e. The van der Waals surface area contributed by atoms with Gasteiger partial charge in [0.25, 0.3) is 0 Å². The number of nitrogens with one attached hydrogen (secondary N) is 3. The fraction of sp³-hybridized carbons (Fsp3) is 0.875. The van der Waals surface area contributed by atoms with E-state index in [-0.39, 0.29) is 5.91 Å². The van der Waals surface area contributed by atoms with Crippen molar-refractivity contribution in [3.8, 4) is 0 Å². The molecule has 128 valence electrons. The first kappa shape index (κ1) is 18.7. The topological polar surface area (TPSA) is 74.8 Å². The molecular weight excluding hydrogens is 280 g/mol. The van der Waals surface area contributed by atoms with E-state index in [0.717, 1.165) is 64.4 Å². The van der Waals surface area contributed by atoms with Crippen molar-refractivity contribution in [2.75, 3.05) is 32.8 Å². The minimum atomic E-state index is 0.159. The van der Waals surface area contributed by atoms with E-state index < -0.39 is 0 Å². The summed E-state index contributed by atoms with van der Waals surface area (Å²) in [5.74, 6) is 0.994. The van der Waals surface area contributed by atoms with Gasteiger partial charge in [0, 0.05) is 45.3 Å². The summed E-state index contributed by atoms with van der Waals surface area (Å²) in [6, 6.07) is 0.451.